The number of benzene rings is 1. The summed E-state index contributed by atoms with van der Waals surface area (Å²) in [7, 11) is 0. The highest BCUT2D eigenvalue weighted by molar-refractivity contribution is 5.84. The van der Waals surface area contributed by atoms with E-state index in [1.165, 1.54) is 0 Å². The van der Waals surface area contributed by atoms with E-state index in [1.807, 2.05) is 19.1 Å². The standard InChI is InChI=1S/C15H17NO4/c1-3-15(19,14(16)18)8-11-7-10-6-9(2)4-5-12(10)20-13(11)17/h4-7,19H,3,8H2,1-2H3,(H2,16,18). The third-order valence-electron chi connectivity index (χ3n) is 3.49. The lowest BCUT2D eigenvalue weighted by Crippen LogP contribution is -2.46. The van der Waals surface area contributed by atoms with Gasteiger partial charge in [-0.15, -0.1) is 0 Å². The minimum atomic E-state index is -1.73. The van der Waals surface area contributed by atoms with Gasteiger partial charge in [0.05, 0.1) is 0 Å². The van der Waals surface area contributed by atoms with Crippen LogP contribution in [0.25, 0.3) is 11.0 Å². The molecule has 2 aromatic rings. The lowest BCUT2D eigenvalue weighted by atomic mass is 9.91. The van der Waals surface area contributed by atoms with Crippen molar-refractivity contribution >= 4 is 16.9 Å². The zero-order valence-corrected chi connectivity index (χ0v) is 11.5. The molecule has 5 nitrogen and oxygen atoms in total. The SMILES string of the molecule is CCC(O)(Cc1cc2cc(C)ccc2oc1=O)C(N)=O. The number of rotatable bonds is 4. The average molecular weight is 275 g/mol. The second kappa shape index (κ2) is 5.09. The fourth-order valence-electron chi connectivity index (χ4n) is 2.11. The lowest BCUT2D eigenvalue weighted by molar-refractivity contribution is -0.136. The average Bonchev–Trinajstić information content (AvgIpc) is 2.39. The van der Waals surface area contributed by atoms with Crippen molar-refractivity contribution in [2.75, 3.05) is 0 Å². The molecule has 0 spiro atoms. The number of carbonyl (C=O) groups excluding carboxylic acids is 1. The van der Waals surface area contributed by atoms with Gasteiger partial charge in [-0.2, -0.15) is 0 Å². The van der Waals surface area contributed by atoms with Crippen LogP contribution < -0.4 is 11.4 Å². The highest BCUT2D eigenvalue weighted by Crippen LogP contribution is 2.20. The Morgan fingerprint density at radius 2 is 2.10 bits per heavy atom. The number of aliphatic hydroxyl groups is 1. The third-order valence-corrected chi connectivity index (χ3v) is 3.49. The fourth-order valence-corrected chi connectivity index (χ4v) is 2.11. The van der Waals surface area contributed by atoms with Gasteiger partial charge in [0, 0.05) is 17.4 Å². The molecule has 106 valence electrons. The van der Waals surface area contributed by atoms with Gasteiger partial charge in [0.2, 0.25) is 5.91 Å². The summed E-state index contributed by atoms with van der Waals surface area (Å²) in [5.41, 5.74) is 4.65. The van der Waals surface area contributed by atoms with E-state index in [4.69, 9.17) is 10.2 Å². The van der Waals surface area contributed by atoms with Crippen molar-refractivity contribution in [2.24, 2.45) is 5.73 Å². The van der Waals surface area contributed by atoms with Crippen LogP contribution in [0.15, 0.2) is 33.5 Å². The van der Waals surface area contributed by atoms with Crippen LogP contribution in [-0.4, -0.2) is 16.6 Å². The van der Waals surface area contributed by atoms with Crippen molar-refractivity contribution in [3.8, 4) is 0 Å². The molecular weight excluding hydrogens is 258 g/mol. The number of fused-ring (bicyclic) bond motifs is 1. The molecule has 1 aromatic carbocycles. The van der Waals surface area contributed by atoms with E-state index in [9.17, 15) is 14.7 Å². The summed E-state index contributed by atoms with van der Waals surface area (Å²) in [5.74, 6) is -0.844. The highest BCUT2D eigenvalue weighted by Gasteiger charge is 2.33. The number of aryl methyl sites for hydroxylation is 1. The van der Waals surface area contributed by atoms with E-state index >= 15 is 0 Å². The summed E-state index contributed by atoms with van der Waals surface area (Å²) in [5, 5.41) is 10.9. The van der Waals surface area contributed by atoms with E-state index in [-0.39, 0.29) is 18.4 Å². The highest BCUT2D eigenvalue weighted by atomic mass is 16.4. The fraction of sp³-hybridized carbons (Fsp3) is 0.333. The first-order valence-corrected chi connectivity index (χ1v) is 6.41. The normalized spacial score (nSPS) is 14.2. The van der Waals surface area contributed by atoms with Crippen molar-refractivity contribution in [1.29, 1.82) is 0 Å². The first kappa shape index (κ1) is 14.3. The molecule has 0 aliphatic rings. The molecular formula is C15H17NO4. The van der Waals surface area contributed by atoms with Gasteiger partial charge in [0.15, 0.2) is 0 Å². The van der Waals surface area contributed by atoms with Crippen LogP contribution in [0, 0.1) is 6.92 Å². The van der Waals surface area contributed by atoms with Crippen LogP contribution >= 0.6 is 0 Å². The molecule has 5 heteroatoms. The van der Waals surface area contributed by atoms with Crippen LogP contribution in [0.3, 0.4) is 0 Å². The monoisotopic (exact) mass is 275 g/mol. The van der Waals surface area contributed by atoms with E-state index < -0.39 is 17.1 Å². The number of nitrogens with two attached hydrogens (primary N) is 1. The van der Waals surface area contributed by atoms with Gasteiger partial charge >= 0.3 is 5.63 Å². The predicted octanol–water partition coefficient (Wildman–Crippen LogP) is 1.27. The molecule has 0 saturated carbocycles. The molecule has 1 atom stereocenters. The van der Waals surface area contributed by atoms with Crippen molar-refractivity contribution in [1.82, 2.24) is 0 Å². The Labute approximate surface area is 116 Å². The van der Waals surface area contributed by atoms with Crippen molar-refractivity contribution in [3.63, 3.8) is 0 Å². The number of amides is 1. The molecule has 0 saturated heterocycles. The largest absolute Gasteiger partial charge is 0.423 e. The maximum atomic E-state index is 11.9. The number of hydrogen-bond acceptors (Lipinski definition) is 4. The minimum absolute atomic E-state index is 0.133. The second-order valence-electron chi connectivity index (χ2n) is 5.03. The number of hydrogen-bond donors (Lipinski definition) is 2. The zero-order chi connectivity index (χ0) is 14.9. The van der Waals surface area contributed by atoms with E-state index in [1.54, 1.807) is 19.1 Å². The summed E-state index contributed by atoms with van der Waals surface area (Å²) in [4.78, 5) is 23.2. The molecule has 0 radical (unpaired) electrons. The minimum Gasteiger partial charge on any atom is -0.423 e. The van der Waals surface area contributed by atoms with Crippen molar-refractivity contribution in [3.05, 3.63) is 45.8 Å². The van der Waals surface area contributed by atoms with Crippen LogP contribution in [0.4, 0.5) is 0 Å². The summed E-state index contributed by atoms with van der Waals surface area (Å²) in [6.07, 6.45) is -0.0152. The Morgan fingerprint density at radius 1 is 1.40 bits per heavy atom. The Kier molecular flexibility index (Phi) is 3.63. The molecule has 0 aliphatic carbocycles. The quantitative estimate of drug-likeness (QED) is 0.822. The maximum absolute atomic E-state index is 11.9. The molecule has 1 unspecified atom stereocenters. The zero-order valence-electron chi connectivity index (χ0n) is 11.5. The van der Waals surface area contributed by atoms with E-state index in [2.05, 4.69) is 0 Å². The van der Waals surface area contributed by atoms with Crippen molar-refractivity contribution < 1.29 is 14.3 Å². The summed E-state index contributed by atoms with van der Waals surface area (Å²) >= 11 is 0. The van der Waals surface area contributed by atoms with Gasteiger partial charge in [0.1, 0.15) is 11.2 Å². The first-order valence-electron chi connectivity index (χ1n) is 6.41. The molecule has 3 N–H and O–H groups in total. The topological polar surface area (TPSA) is 93.5 Å². The van der Waals surface area contributed by atoms with Crippen LogP contribution in [0.1, 0.15) is 24.5 Å². The van der Waals surface area contributed by atoms with Gasteiger partial charge in [0.25, 0.3) is 0 Å². The third kappa shape index (κ3) is 2.58. The number of primary amides is 1. The van der Waals surface area contributed by atoms with Gasteiger partial charge in [-0.05, 0) is 31.5 Å². The second-order valence-corrected chi connectivity index (χ2v) is 5.03. The predicted molar refractivity (Wildman–Crippen MR) is 75.4 cm³/mol. The van der Waals surface area contributed by atoms with Gasteiger partial charge in [-0.3, -0.25) is 4.79 Å². The molecule has 20 heavy (non-hydrogen) atoms. The Bertz CT molecular complexity index is 719. The van der Waals surface area contributed by atoms with Crippen LogP contribution in [0.5, 0.6) is 0 Å². The van der Waals surface area contributed by atoms with Crippen molar-refractivity contribution in [2.45, 2.75) is 32.3 Å². The lowest BCUT2D eigenvalue weighted by Gasteiger charge is -2.22. The summed E-state index contributed by atoms with van der Waals surface area (Å²) < 4.78 is 5.20. The molecule has 1 amide bonds. The van der Waals surface area contributed by atoms with E-state index in [0.29, 0.717) is 5.58 Å². The smallest absolute Gasteiger partial charge is 0.339 e. The Balaban J connectivity index is 2.52. The first-order chi connectivity index (χ1) is 9.35. The molecule has 0 fully saturated rings. The number of carbonyl (C=O) groups is 1. The molecule has 1 heterocycles. The van der Waals surface area contributed by atoms with Gasteiger partial charge in [-0.1, -0.05) is 18.6 Å². The molecule has 1 aromatic heterocycles. The summed E-state index contributed by atoms with van der Waals surface area (Å²) in [6.45, 7) is 3.56. The van der Waals surface area contributed by atoms with Gasteiger partial charge < -0.3 is 15.3 Å². The Morgan fingerprint density at radius 3 is 2.70 bits per heavy atom. The van der Waals surface area contributed by atoms with E-state index in [0.717, 1.165) is 10.9 Å². The molecule has 0 aliphatic heterocycles. The van der Waals surface area contributed by atoms with Crippen LogP contribution in [-0.2, 0) is 11.2 Å². The maximum Gasteiger partial charge on any atom is 0.339 e. The molecule has 0 bridgehead atoms. The summed E-state index contributed by atoms with van der Waals surface area (Å²) in [6, 6.07) is 7.07. The van der Waals surface area contributed by atoms with Crippen LogP contribution in [0.2, 0.25) is 0 Å². The molecule has 2 rings (SSSR count). The van der Waals surface area contributed by atoms with Gasteiger partial charge in [-0.25, -0.2) is 4.79 Å². The Hall–Kier alpha value is -2.14.